The fourth-order valence-electron chi connectivity index (χ4n) is 5.06. The Hall–Kier alpha value is -4.15. The fourth-order valence-corrected chi connectivity index (χ4v) is 5.06. The third-order valence-corrected chi connectivity index (χ3v) is 7.46. The topological polar surface area (TPSA) is 150 Å². The minimum absolute atomic E-state index is 0.0339. The van der Waals surface area contributed by atoms with Crippen LogP contribution in [0, 0.1) is 5.92 Å². The van der Waals surface area contributed by atoms with E-state index >= 15 is 0 Å². The Balaban J connectivity index is 1.50. The number of likely N-dealkylation sites (tertiary alicyclic amines) is 1. The number of methoxy groups -OCH3 is 1. The predicted molar refractivity (Wildman–Crippen MR) is 156 cm³/mol. The number of fused-ring (bicyclic) bond motifs is 1. The van der Waals surface area contributed by atoms with Gasteiger partial charge in [0.15, 0.2) is 5.78 Å². The van der Waals surface area contributed by atoms with Crippen molar-refractivity contribution in [3.63, 3.8) is 0 Å². The first kappa shape index (κ1) is 30.8. The molecule has 1 saturated carbocycles. The van der Waals surface area contributed by atoms with E-state index in [4.69, 9.17) is 19.9 Å². The van der Waals surface area contributed by atoms with Crippen LogP contribution in [0.1, 0.15) is 59.3 Å². The highest BCUT2D eigenvalue weighted by molar-refractivity contribution is 5.93. The summed E-state index contributed by atoms with van der Waals surface area (Å²) in [5.74, 6) is 0.0834. The zero-order valence-corrected chi connectivity index (χ0v) is 24.6. The number of hydrogen-bond donors (Lipinski definition) is 2. The molecule has 1 aromatic carbocycles. The van der Waals surface area contributed by atoms with E-state index in [0.717, 1.165) is 30.0 Å². The van der Waals surface area contributed by atoms with Gasteiger partial charge in [-0.05, 0) is 81.7 Å². The number of carbonyl (C=O) groups excluding carboxylic acids is 4. The van der Waals surface area contributed by atoms with Crippen LogP contribution in [0.3, 0.4) is 0 Å². The molecule has 2 aromatic rings. The smallest absolute Gasteiger partial charge is 0.408 e. The molecule has 1 aromatic heterocycles. The van der Waals surface area contributed by atoms with Gasteiger partial charge in [0.05, 0.1) is 13.7 Å². The molecule has 3 atom stereocenters. The van der Waals surface area contributed by atoms with Gasteiger partial charge in [-0.15, -0.1) is 0 Å². The number of alkyl carbamates (subject to hydrolysis) is 1. The largest absolute Gasteiger partial charge is 0.497 e. The van der Waals surface area contributed by atoms with Gasteiger partial charge in [0, 0.05) is 24.4 Å². The van der Waals surface area contributed by atoms with Gasteiger partial charge in [0.1, 0.15) is 29.5 Å². The second-order valence-electron chi connectivity index (χ2n) is 11.8. The fraction of sp³-hybridized carbons (Fsp3) is 0.516. The molecule has 4 rings (SSSR count). The number of ketones is 1. The van der Waals surface area contributed by atoms with Gasteiger partial charge in [-0.1, -0.05) is 12.5 Å². The first-order valence-corrected chi connectivity index (χ1v) is 14.3. The first-order valence-electron chi connectivity index (χ1n) is 14.3. The molecule has 42 heavy (non-hydrogen) atoms. The number of benzene rings is 1. The number of primary amides is 1. The average molecular weight is 581 g/mol. The first-order chi connectivity index (χ1) is 19.9. The summed E-state index contributed by atoms with van der Waals surface area (Å²) in [6, 6.07) is 5.24. The van der Waals surface area contributed by atoms with Crippen molar-refractivity contribution < 1.29 is 33.4 Å². The van der Waals surface area contributed by atoms with Gasteiger partial charge in [0.2, 0.25) is 17.7 Å². The van der Waals surface area contributed by atoms with Crippen molar-refractivity contribution >= 4 is 34.5 Å². The standard InChI is InChI=1S/C31H40N4O7/c1-31(2,3)42-30(39)34-25(13-10-21(36)9-8-19-6-5-7-19)29(38)35-18-23(17-26(35)27(32)37)41-28-24-12-11-22(40-4)16-20(24)14-15-33-28/h8-9,11-12,14-16,19,23,25-26H,5-7,10,13,17-18H2,1-4H3,(H2,32,37)(H,34,39)/b9-8+/t23-,25+,26+/m1/s1. The minimum atomic E-state index is -1.11. The molecule has 11 heteroatoms. The van der Waals surface area contributed by atoms with Crippen LogP contribution in [0.2, 0.25) is 0 Å². The summed E-state index contributed by atoms with van der Waals surface area (Å²) in [5, 5.41) is 4.21. The van der Waals surface area contributed by atoms with E-state index in [1.165, 1.54) is 4.90 Å². The molecule has 1 saturated heterocycles. The van der Waals surface area contributed by atoms with E-state index in [1.54, 1.807) is 46.2 Å². The molecule has 0 radical (unpaired) electrons. The molecule has 2 heterocycles. The van der Waals surface area contributed by atoms with Crippen LogP contribution in [-0.4, -0.2) is 71.0 Å². The molecular weight excluding hydrogens is 540 g/mol. The quantitative estimate of drug-likeness (QED) is 0.382. The van der Waals surface area contributed by atoms with Gasteiger partial charge in [-0.2, -0.15) is 0 Å². The number of amides is 3. The Morgan fingerprint density at radius 2 is 1.95 bits per heavy atom. The summed E-state index contributed by atoms with van der Waals surface area (Å²) < 4.78 is 16.9. The van der Waals surface area contributed by atoms with Crippen LogP contribution in [0.25, 0.3) is 10.8 Å². The maximum atomic E-state index is 13.8. The van der Waals surface area contributed by atoms with Gasteiger partial charge in [-0.25, -0.2) is 9.78 Å². The second kappa shape index (κ2) is 13.2. The van der Waals surface area contributed by atoms with Gasteiger partial charge < -0.3 is 30.2 Å². The minimum Gasteiger partial charge on any atom is -0.497 e. The Morgan fingerprint density at radius 1 is 1.19 bits per heavy atom. The number of nitrogens with zero attached hydrogens (tertiary/aromatic N) is 2. The summed E-state index contributed by atoms with van der Waals surface area (Å²) in [6.07, 6.45) is 7.21. The van der Waals surface area contributed by atoms with Crippen LogP contribution in [0.5, 0.6) is 11.6 Å². The van der Waals surface area contributed by atoms with Crippen LogP contribution >= 0.6 is 0 Å². The molecule has 3 amide bonds. The summed E-state index contributed by atoms with van der Waals surface area (Å²) >= 11 is 0. The maximum Gasteiger partial charge on any atom is 0.408 e. The van der Waals surface area contributed by atoms with Crippen molar-refractivity contribution in [2.24, 2.45) is 11.7 Å². The summed E-state index contributed by atoms with van der Waals surface area (Å²) in [7, 11) is 1.58. The van der Waals surface area contributed by atoms with Crippen LogP contribution in [0.15, 0.2) is 42.6 Å². The molecule has 0 spiro atoms. The Morgan fingerprint density at radius 3 is 2.60 bits per heavy atom. The third-order valence-electron chi connectivity index (χ3n) is 7.46. The van der Waals surface area contributed by atoms with Crippen molar-refractivity contribution in [3.8, 4) is 11.6 Å². The lowest BCUT2D eigenvalue weighted by Gasteiger charge is -2.28. The molecule has 0 unspecified atom stereocenters. The second-order valence-corrected chi connectivity index (χ2v) is 11.8. The Bertz CT molecular complexity index is 1350. The van der Waals surface area contributed by atoms with E-state index < -0.39 is 41.7 Å². The lowest BCUT2D eigenvalue weighted by molar-refractivity contribution is -0.139. The lowest BCUT2D eigenvalue weighted by Crippen LogP contribution is -2.53. The number of ether oxygens (including phenoxy) is 3. The van der Waals surface area contributed by atoms with Crippen molar-refractivity contribution in [1.29, 1.82) is 0 Å². The molecule has 11 nitrogen and oxygen atoms in total. The molecule has 1 aliphatic heterocycles. The summed E-state index contributed by atoms with van der Waals surface area (Å²) in [6.45, 7) is 5.17. The SMILES string of the molecule is COc1ccc2c(O[C@@H]3C[C@@H](C(N)=O)N(C(=O)[C@H](CCC(=O)/C=C/C4CCC4)NC(=O)OC(C)(C)C)C3)nccc2c1. The molecule has 2 aliphatic rings. The van der Waals surface area contributed by atoms with E-state index in [0.29, 0.717) is 17.5 Å². The molecule has 3 N–H and O–H groups in total. The van der Waals surface area contributed by atoms with Gasteiger partial charge in [-0.3, -0.25) is 14.4 Å². The number of allylic oxidation sites excluding steroid dienone is 2. The van der Waals surface area contributed by atoms with E-state index in [2.05, 4.69) is 10.3 Å². The Kier molecular flexibility index (Phi) is 9.70. The highest BCUT2D eigenvalue weighted by Crippen LogP contribution is 2.30. The molecule has 1 aliphatic carbocycles. The number of rotatable bonds is 11. The predicted octanol–water partition coefficient (Wildman–Crippen LogP) is 3.68. The van der Waals surface area contributed by atoms with E-state index in [1.807, 2.05) is 24.3 Å². The molecule has 0 bridgehead atoms. The zero-order valence-electron chi connectivity index (χ0n) is 24.6. The van der Waals surface area contributed by atoms with Crippen molar-refractivity contribution in [2.45, 2.75) is 83.1 Å². The van der Waals surface area contributed by atoms with Gasteiger partial charge >= 0.3 is 6.09 Å². The van der Waals surface area contributed by atoms with Crippen molar-refractivity contribution in [3.05, 3.63) is 42.6 Å². The highest BCUT2D eigenvalue weighted by atomic mass is 16.6. The van der Waals surface area contributed by atoms with E-state index in [-0.39, 0.29) is 31.6 Å². The molecular formula is C31H40N4O7. The van der Waals surface area contributed by atoms with Crippen LogP contribution in [-0.2, 0) is 19.1 Å². The number of nitrogens with one attached hydrogen (secondary N) is 1. The maximum absolute atomic E-state index is 13.8. The number of aromatic nitrogens is 1. The number of nitrogens with two attached hydrogens (primary N) is 1. The van der Waals surface area contributed by atoms with Crippen LogP contribution < -0.4 is 20.5 Å². The molecule has 2 fully saturated rings. The summed E-state index contributed by atoms with van der Waals surface area (Å²) in [4.78, 5) is 57.1. The normalized spacial score (nSPS) is 19.8. The zero-order chi connectivity index (χ0) is 30.4. The van der Waals surface area contributed by atoms with Crippen molar-refractivity contribution in [1.82, 2.24) is 15.2 Å². The Labute approximate surface area is 245 Å². The van der Waals surface area contributed by atoms with E-state index in [9.17, 15) is 19.2 Å². The lowest BCUT2D eigenvalue weighted by atomic mass is 9.85. The summed E-state index contributed by atoms with van der Waals surface area (Å²) in [5.41, 5.74) is 4.91. The number of carbonyl (C=O) groups is 4. The number of hydrogen-bond acceptors (Lipinski definition) is 8. The molecule has 226 valence electrons. The van der Waals surface area contributed by atoms with Gasteiger partial charge in [0.25, 0.3) is 0 Å². The third kappa shape index (κ3) is 7.98. The van der Waals surface area contributed by atoms with Crippen LogP contribution in [0.4, 0.5) is 4.79 Å². The highest BCUT2D eigenvalue weighted by Gasteiger charge is 2.42. The average Bonchev–Trinajstić information content (AvgIpc) is 3.32. The monoisotopic (exact) mass is 580 g/mol. The van der Waals surface area contributed by atoms with Crippen molar-refractivity contribution in [2.75, 3.05) is 13.7 Å². The number of pyridine rings is 1.